The number of carbonyl (C=O) groups is 1. The number of amides is 1. The van der Waals surface area contributed by atoms with Crippen molar-refractivity contribution in [3.63, 3.8) is 0 Å². The molecule has 4 aromatic rings. The molecule has 0 unspecified atom stereocenters. The molecule has 4 aromatic heterocycles. The van der Waals surface area contributed by atoms with Crippen LogP contribution in [0.1, 0.15) is 47.8 Å². The van der Waals surface area contributed by atoms with E-state index >= 15 is 0 Å². The molecule has 166 valence electrons. The van der Waals surface area contributed by atoms with Gasteiger partial charge in [0, 0.05) is 36.1 Å². The first kappa shape index (κ1) is 20.3. The summed E-state index contributed by atoms with van der Waals surface area (Å²) in [5.41, 5.74) is 6.09. The second-order valence-corrected chi connectivity index (χ2v) is 8.12. The van der Waals surface area contributed by atoms with E-state index in [4.69, 9.17) is 5.73 Å². The van der Waals surface area contributed by atoms with E-state index in [1.54, 1.807) is 24.4 Å². The SMILES string of the molecule is NC(=O)c1cncc2c1ccn2C1CCC(Nc2cccc3nc(C(F)(F)F)cn23)CC1. The number of aromatic nitrogens is 4. The molecule has 1 aliphatic carbocycles. The number of imidazole rings is 1. The molecule has 0 bridgehead atoms. The minimum Gasteiger partial charge on any atom is -0.368 e. The summed E-state index contributed by atoms with van der Waals surface area (Å²) in [4.78, 5) is 19.5. The monoisotopic (exact) mass is 442 g/mol. The predicted molar refractivity (Wildman–Crippen MR) is 113 cm³/mol. The first-order valence-corrected chi connectivity index (χ1v) is 10.4. The molecule has 1 aliphatic rings. The topological polar surface area (TPSA) is 90.2 Å². The van der Waals surface area contributed by atoms with Gasteiger partial charge in [0.15, 0.2) is 5.69 Å². The van der Waals surface area contributed by atoms with Crippen LogP contribution in [0.15, 0.2) is 49.1 Å². The minimum absolute atomic E-state index is 0.134. The van der Waals surface area contributed by atoms with Crippen LogP contribution >= 0.6 is 0 Å². The second-order valence-electron chi connectivity index (χ2n) is 8.12. The number of fused-ring (bicyclic) bond motifs is 2. The quantitative estimate of drug-likeness (QED) is 0.490. The van der Waals surface area contributed by atoms with Gasteiger partial charge >= 0.3 is 6.18 Å². The van der Waals surface area contributed by atoms with E-state index in [-0.39, 0.29) is 17.7 Å². The number of primary amides is 1. The van der Waals surface area contributed by atoms with Crippen molar-refractivity contribution in [2.75, 3.05) is 5.32 Å². The van der Waals surface area contributed by atoms with Crippen LogP contribution in [0.3, 0.4) is 0 Å². The Morgan fingerprint density at radius 2 is 1.91 bits per heavy atom. The third kappa shape index (κ3) is 3.55. The zero-order chi connectivity index (χ0) is 22.5. The summed E-state index contributed by atoms with van der Waals surface area (Å²) in [6, 6.07) is 7.29. The fourth-order valence-corrected chi connectivity index (χ4v) is 4.56. The number of hydrogen-bond donors (Lipinski definition) is 2. The van der Waals surface area contributed by atoms with Crippen LogP contribution in [-0.4, -0.2) is 30.9 Å². The molecule has 0 aromatic carbocycles. The molecule has 1 fully saturated rings. The zero-order valence-corrected chi connectivity index (χ0v) is 17.0. The van der Waals surface area contributed by atoms with Gasteiger partial charge in [-0.2, -0.15) is 13.2 Å². The van der Waals surface area contributed by atoms with Crippen molar-refractivity contribution in [2.24, 2.45) is 5.73 Å². The van der Waals surface area contributed by atoms with Crippen molar-refractivity contribution in [1.29, 1.82) is 0 Å². The van der Waals surface area contributed by atoms with Gasteiger partial charge in [-0.25, -0.2) is 4.98 Å². The van der Waals surface area contributed by atoms with Gasteiger partial charge in [-0.05, 0) is 43.9 Å². The number of halogens is 3. The number of hydrogen-bond acceptors (Lipinski definition) is 4. The molecule has 0 atom stereocenters. The number of anilines is 1. The molecule has 0 spiro atoms. The molecule has 1 amide bonds. The highest BCUT2D eigenvalue weighted by atomic mass is 19.4. The Bertz CT molecular complexity index is 1300. The van der Waals surface area contributed by atoms with E-state index in [1.807, 2.05) is 12.3 Å². The van der Waals surface area contributed by atoms with E-state index < -0.39 is 17.8 Å². The Kier molecular flexibility index (Phi) is 4.79. The van der Waals surface area contributed by atoms with Crippen molar-refractivity contribution in [3.05, 3.63) is 60.3 Å². The minimum atomic E-state index is -4.48. The van der Waals surface area contributed by atoms with Crippen LogP contribution in [0.2, 0.25) is 0 Å². The molecule has 4 heterocycles. The van der Waals surface area contributed by atoms with Crippen molar-refractivity contribution in [1.82, 2.24) is 18.9 Å². The lowest BCUT2D eigenvalue weighted by atomic mass is 9.91. The summed E-state index contributed by atoms with van der Waals surface area (Å²) < 4.78 is 42.7. The Hall–Kier alpha value is -3.56. The standard InChI is InChI=1S/C22H21F3N6O/c23-22(24,25)18-12-31-19(2-1-3-20(31)29-18)28-13-4-6-14(7-5-13)30-9-8-15-16(21(26)32)10-27-11-17(15)30/h1-3,8-14,28H,4-7H2,(H2,26,32). The van der Waals surface area contributed by atoms with Crippen LogP contribution in [-0.2, 0) is 6.18 Å². The summed E-state index contributed by atoms with van der Waals surface area (Å²) in [7, 11) is 0. The number of carbonyl (C=O) groups excluding carboxylic acids is 1. The van der Waals surface area contributed by atoms with Crippen molar-refractivity contribution in [2.45, 2.75) is 43.9 Å². The Balaban J connectivity index is 1.32. The largest absolute Gasteiger partial charge is 0.434 e. The summed E-state index contributed by atoms with van der Waals surface area (Å²) in [6.07, 6.45) is 5.20. The smallest absolute Gasteiger partial charge is 0.368 e. The van der Waals surface area contributed by atoms with E-state index in [0.717, 1.165) is 42.8 Å². The maximum atomic E-state index is 13.0. The number of nitrogens with one attached hydrogen (secondary N) is 1. The summed E-state index contributed by atoms with van der Waals surface area (Å²) in [5.74, 6) is 0.0896. The van der Waals surface area contributed by atoms with E-state index in [2.05, 4.69) is 19.9 Å². The molecule has 1 saturated carbocycles. The fourth-order valence-electron chi connectivity index (χ4n) is 4.56. The highest BCUT2D eigenvalue weighted by Gasteiger charge is 2.34. The van der Waals surface area contributed by atoms with Gasteiger partial charge in [0.2, 0.25) is 0 Å². The molecule has 32 heavy (non-hydrogen) atoms. The number of rotatable bonds is 4. The number of pyridine rings is 2. The summed E-state index contributed by atoms with van der Waals surface area (Å²) in [5, 5.41) is 4.18. The van der Waals surface area contributed by atoms with Crippen molar-refractivity contribution >= 4 is 28.3 Å². The lowest BCUT2D eigenvalue weighted by Crippen LogP contribution is -2.28. The van der Waals surface area contributed by atoms with Crippen LogP contribution < -0.4 is 11.1 Å². The predicted octanol–water partition coefficient (Wildman–Crippen LogP) is 4.40. The van der Waals surface area contributed by atoms with Gasteiger partial charge in [-0.1, -0.05) is 6.07 Å². The molecule has 3 N–H and O–H groups in total. The molecule has 10 heteroatoms. The highest BCUT2D eigenvalue weighted by Crippen LogP contribution is 2.34. The van der Waals surface area contributed by atoms with E-state index in [9.17, 15) is 18.0 Å². The third-order valence-electron chi connectivity index (χ3n) is 6.14. The van der Waals surface area contributed by atoms with Gasteiger partial charge in [-0.15, -0.1) is 0 Å². The first-order chi connectivity index (χ1) is 15.3. The third-order valence-corrected chi connectivity index (χ3v) is 6.14. The fraction of sp³-hybridized carbons (Fsp3) is 0.318. The lowest BCUT2D eigenvalue weighted by molar-refractivity contribution is -0.140. The molecular weight excluding hydrogens is 421 g/mol. The van der Waals surface area contributed by atoms with Crippen LogP contribution in [0.5, 0.6) is 0 Å². The van der Waals surface area contributed by atoms with Crippen LogP contribution in [0.25, 0.3) is 16.6 Å². The van der Waals surface area contributed by atoms with Crippen molar-refractivity contribution < 1.29 is 18.0 Å². The molecule has 0 aliphatic heterocycles. The van der Waals surface area contributed by atoms with Gasteiger partial charge in [0.05, 0.1) is 17.3 Å². The second kappa shape index (κ2) is 7.54. The van der Waals surface area contributed by atoms with Crippen molar-refractivity contribution in [3.8, 4) is 0 Å². The molecule has 7 nitrogen and oxygen atoms in total. The average Bonchev–Trinajstić information content (AvgIpc) is 3.39. The van der Waals surface area contributed by atoms with Gasteiger partial charge in [0.25, 0.3) is 5.91 Å². The van der Waals surface area contributed by atoms with Gasteiger partial charge in [0.1, 0.15) is 11.5 Å². The molecule has 0 radical (unpaired) electrons. The maximum Gasteiger partial charge on any atom is 0.434 e. The summed E-state index contributed by atoms with van der Waals surface area (Å²) in [6.45, 7) is 0. The number of nitrogens with zero attached hydrogens (tertiary/aromatic N) is 4. The normalized spacial score (nSPS) is 19.5. The van der Waals surface area contributed by atoms with E-state index in [0.29, 0.717) is 11.4 Å². The maximum absolute atomic E-state index is 13.0. The number of nitrogens with two attached hydrogens (primary N) is 1. The van der Waals surface area contributed by atoms with Gasteiger partial charge in [-0.3, -0.25) is 14.2 Å². The molecule has 0 saturated heterocycles. The lowest BCUT2D eigenvalue weighted by Gasteiger charge is -2.31. The highest BCUT2D eigenvalue weighted by molar-refractivity contribution is 6.05. The molecular formula is C22H21F3N6O. The Labute approximate surface area is 181 Å². The first-order valence-electron chi connectivity index (χ1n) is 10.4. The molecule has 5 rings (SSSR count). The average molecular weight is 442 g/mol. The Morgan fingerprint density at radius 3 is 2.62 bits per heavy atom. The zero-order valence-electron chi connectivity index (χ0n) is 17.0. The van der Waals surface area contributed by atoms with Gasteiger partial charge < -0.3 is 15.6 Å². The summed E-state index contributed by atoms with van der Waals surface area (Å²) >= 11 is 0. The van der Waals surface area contributed by atoms with E-state index in [1.165, 1.54) is 10.6 Å². The Morgan fingerprint density at radius 1 is 1.12 bits per heavy atom. The van der Waals surface area contributed by atoms with Crippen LogP contribution in [0.4, 0.5) is 19.0 Å². The van der Waals surface area contributed by atoms with Crippen LogP contribution in [0, 0.1) is 0 Å². The number of alkyl halides is 3.